The summed E-state index contributed by atoms with van der Waals surface area (Å²) in [4.78, 5) is 30.2. The number of carbonyl (C=O) groups is 2. The largest absolute Gasteiger partial charge is 0.488 e. The zero-order chi connectivity index (χ0) is 15.6. The zero-order valence-electron chi connectivity index (χ0n) is 12.7. The number of pyridine rings is 1. The maximum Gasteiger partial charge on any atom is 0.323 e. The lowest BCUT2D eigenvalue weighted by molar-refractivity contribution is -0.146. The number of Topliss-reactive ketones (excluding diaryl/α,β-unsaturated/α-hetero) is 1. The fourth-order valence-corrected chi connectivity index (χ4v) is 2.57. The molecule has 2 heterocycles. The highest BCUT2D eigenvalue weighted by atomic mass is 16.5. The van der Waals surface area contributed by atoms with Crippen LogP contribution < -0.4 is 4.74 Å². The van der Waals surface area contributed by atoms with Gasteiger partial charge in [0, 0.05) is 6.20 Å². The first-order valence-electron chi connectivity index (χ1n) is 6.84. The maximum absolute atomic E-state index is 12.6. The van der Waals surface area contributed by atoms with E-state index >= 15 is 0 Å². The molecular weight excluding hydrogens is 272 g/mol. The van der Waals surface area contributed by atoms with E-state index in [1.807, 2.05) is 6.92 Å². The molecule has 0 aromatic carbocycles. The van der Waals surface area contributed by atoms with Crippen LogP contribution in [0.1, 0.15) is 23.7 Å². The Bertz CT molecular complexity index is 544. The molecule has 0 fully saturated rings. The third-order valence-corrected chi connectivity index (χ3v) is 3.84. The van der Waals surface area contributed by atoms with Crippen molar-refractivity contribution in [2.45, 2.75) is 25.5 Å². The van der Waals surface area contributed by atoms with Crippen LogP contribution in [0, 0.1) is 5.92 Å². The Morgan fingerprint density at radius 3 is 2.86 bits per heavy atom. The average Bonchev–Trinajstić information content (AvgIpc) is 2.46. The van der Waals surface area contributed by atoms with Crippen LogP contribution in [0.25, 0.3) is 0 Å². The van der Waals surface area contributed by atoms with Crippen LogP contribution in [0.15, 0.2) is 18.5 Å². The number of ether oxygens (including phenoxy) is 2. The van der Waals surface area contributed by atoms with Gasteiger partial charge in [0.2, 0.25) is 0 Å². The standard InChI is InChI=1S/C15H20N2O4/c1-9-11(7-12(17(2)3)15(19)20-4)14(18)10-5-6-16-8-13(10)21-9/h5-6,8-9,11-12H,7H2,1-4H3. The van der Waals surface area contributed by atoms with Crippen molar-refractivity contribution in [1.29, 1.82) is 0 Å². The molecule has 114 valence electrons. The average molecular weight is 292 g/mol. The molecular formula is C15H20N2O4. The normalized spacial score (nSPS) is 22.4. The fourth-order valence-electron chi connectivity index (χ4n) is 2.57. The fraction of sp³-hybridized carbons (Fsp3) is 0.533. The van der Waals surface area contributed by atoms with Gasteiger partial charge >= 0.3 is 5.97 Å². The molecule has 1 aliphatic heterocycles. The number of methoxy groups -OCH3 is 1. The Hall–Kier alpha value is -1.95. The predicted octanol–water partition coefficient (Wildman–Crippen LogP) is 1.15. The number of likely N-dealkylation sites (N-methyl/N-ethyl adjacent to an activating group) is 1. The van der Waals surface area contributed by atoms with Gasteiger partial charge in [-0.25, -0.2) is 0 Å². The number of fused-ring (bicyclic) bond motifs is 1. The third-order valence-electron chi connectivity index (χ3n) is 3.84. The molecule has 0 bridgehead atoms. The van der Waals surface area contributed by atoms with Crippen molar-refractivity contribution < 1.29 is 19.1 Å². The van der Waals surface area contributed by atoms with E-state index in [1.165, 1.54) is 7.11 Å². The minimum absolute atomic E-state index is 0.0121. The summed E-state index contributed by atoms with van der Waals surface area (Å²) >= 11 is 0. The monoisotopic (exact) mass is 292 g/mol. The van der Waals surface area contributed by atoms with Gasteiger partial charge in [-0.05, 0) is 33.5 Å². The van der Waals surface area contributed by atoms with E-state index in [-0.39, 0.29) is 23.8 Å². The van der Waals surface area contributed by atoms with Gasteiger partial charge in [0.25, 0.3) is 0 Å². The Balaban J connectivity index is 2.24. The molecule has 2 rings (SSSR count). The van der Waals surface area contributed by atoms with E-state index in [1.54, 1.807) is 37.5 Å². The number of hydrogen-bond acceptors (Lipinski definition) is 6. The lowest BCUT2D eigenvalue weighted by atomic mass is 9.85. The molecule has 1 aromatic heterocycles. The van der Waals surface area contributed by atoms with Crippen molar-refractivity contribution in [3.8, 4) is 5.75 Å². The van der Waals surface area contributed by atoms with Crippen molar-refractivity contribution in [2.75, 3.05) is 21.2 Å². The summed E-state index contributed by atoms with van der Waals surface area (Å²) in [6.07, 6.45) is 3.17. The summed E-state index contributed by atoms with van der Waals surface area (Å²) in [5, 5.41) is 0. The van der Waals surface area contributed by atoms with Crippen LogP contribution >= 0.6 is 0 Å². The number of esters is 1. The summed E-state index contributed by atoms with van der Waals surface area (Å²) < 4.78 is 10.6. The molecule has 3 unspecified atom stereocenters. The van der Waals surface area contributed by atoms with E-state index in [2.05, 4.69) is 4.98 Å². The van der Waals surface area contributed by atoms with E-state index in [0.717, 1.165) is 0 Å². The van der Waals surface area contributed by atoms with Crippen LogP contribution in [-0.4, -0.2) is 55.0 Å². The summed E-state index contributed by atoms with van der Waals surface area (Å²) in [7, 11) is 4.93. The number of aromatic nitrogens is 1. The molecule has 0 N–H and O–H groups in total. The summed E-state index contributed by atoms with van der Waals surface area (Å²) in [6, 6.07) is 1.18. The molecule has 6 nitrogen and oxygen atoms in total. The van der Waals surface area contributed by atoms with Gasteiger partial charge in [0.05, 0.1) is 24.8 Å². The van der Waals surface area contributed by atoms with Gasteiger partial charge in [-0.3, -0.25) is 19.5 Å². The van der Waals surface area contributed by atoms with E-state index in [0.29, 0.717) is 17.7 Å². The van der Waals surface area contributed by atoms with Crippen LogP contribution in [0.5, 0.6) is 5.75 Å². The van der Waals surface area contributed by atoms with Crippen molar-refractivity contribution in [1.82, 2.24) is 9.88 Å². The van der Waals surface area contributed by atoms with E-state index in [9.17, 15) is 9.59 Å². The molecule has 0 radical (unpaired) electrons. The first kappa shape index (κ1) is 15.4. The van der Waals surface area contributed by atoms with Crippen LogP contribution in [0.3, 0.4) is 0 Å². The van der Waals surface area contributed by atoms with Gasteiger partial charge in [-0.15, -0.1) is 0 Å². The van der Waals surface area contributed by atoms with Gasteiger partial charge in [-0.1, -0.05) is 0 Å². The van der Waals surface area contributed by atoms with E-state index < -0.39 is 6.04 Å². The molecule has 1 aliphatic rings. The second kappa shape index (κ2) is 6.22. The molecule has 0 spiro atoms. The SMILES string of the molecule is COC(=O)C(CC1C(=O)c2ccncc2OC1C)N(C)C. The summed E-state index contributed by atoms with van der Waals surface area (Å²) in [5.74, 6) is -0.237. The van der Waals surface area contributed by atoms with Crippen molar-refractivity contribution in [3.05, 3.63) is 24.0 Å². The molecule has 0 amide bonds. The lowest BCUT2D eigenvalue weighted by Gasteiger charge is -2.33. The zero-order valence-corrected chi connectivity index (χ0v) is 12.7. The minimum Gasteiger partial charge on any atom is -0.488 e. The van der Waals surface area contributed by atoms with E-state index in [4.69, 9.17) is 9.47 Å². The van der Waals surface area contributed by atoms with Crippen LogP contribution in [0.4, 0.5) is 0 Å². The van der Waals surface area contributed by atoms with Gasteiger partial charge in [0.1, 0.15) is 17.9 Å². The second-order valence-electron chi connectivity index (χ2n) is 5.40. The third kappa shape index (κ3) is 3.05. The molecule has 0 saturated heterocycles. The smallest absolute Gasteiger partial charge is 0.323 e. The number of carbonyl (C=O) groups excluding carboxylic acids is 2. The summed E-state index contributed by atoms with van der Waals surface area (Å²) in [5.41, 5.74) is 0.524. The summed E-state index contributed by atoms with van der Waals surface area (Å²) in [6.45, 7) is 1.84. The van der Waals surface area contributed by atoms with Gasteiger partial charge in [0.15, 0.2) is 5.78 Å². The number of rotatable bonds is 4. The molecule has 3 atom stereocenters. The minimum atomic E-state index is -0.474. The lowest BCUT2D eigenvalue weighted by Crippen LogP contribution is -2.44. The molecule has 6 heteroatoms. The molecule has 0 aliphatic carbocycles. The quantitative estimate of drug-likeness (QED) is 0.776. The Kier molecular flexibility index (Phi) is 4.57. The Morgan fingerprint density at radius 2 is 2.24 bits per heavy atom. The molecule has 21 heavy (non-hydrogen) atoms. The van der Waals surface area contributed by atoms with Gasteiger partial charge in [-0.2, -0.15) is 0 Å². The second-order valence-corrected chi connectivity index (χ2v) is 5.40. The maximum atomic E-state index is 12.6. The topological polar surface area (TPSA) is 68.7 Å². The number of ketones is 1. The van der Waals surface area contributed by atoms with Gasteiger partial charge < -0.3 is 9.47 Å². The number of hydrogen-bond donors (Lipinski definition) is 0. The van der Waals surface area contributed by atoms with Crippen LogP contribution in [0.2, 0.25) is 0 Å². The molecule has 1 aromatic rings. The highest BCUT2D eigenvalue weighted by molar-refractivity contribution is 6.01. The Morgan fingerprint density at radius 1 is 1.52 bits per heavy atom. The molecule has 0 saturated carbocycles. The number of nitrogens with zero attached hydrogens (tertiary/aromatic N) is 2. The first-order valence-corrected chi connectivity index (χ1v) is 6.84. The predicted molar refractivity (Wildman–Crippen MR) is 76.3 cm³/mol. The van der Waals surface area contributed by atoms with Crippen LogP contribution in [-0.2, 0) is 9.53 Å². The van der Waals surface area contributed by atoms with Crippen molar-refractivity contribution in [3.63, 3.8) is 0 Å². The highest BCUT2D eigenvalue weighted by Crippen LogP contribution is 2.32. The van der Waals surface area contributed by atoms with Crippen molar-refractivity contribution in [2.24, 2.45) is 5.92 Å². The van der Waals surface area contributed by atoms with Crippen molar-refractivity contribution >= 4 is 11.8 Å². The highest BCUT2D eigenvalue weighted by Gasteiger charge is 2.38. The first-order chi connectivity index (χ1) is 9.95. The Labute approximate surface area is 124 Å².